The van der Waals surface area contributed by atoms with E-state index in [0.29, 0.717) is 30.9 Å². The Labute approximate surface area is 100 Å². The molecule has 0 aliphatic carbocycles. The molecule has 0 radical (unpaired) electrons. The summed E-state index contributed by atoms with van der Waals surface area (Å²) in [5.41, 5.74) is 0.940. The van der Waals surface area contributed by atoms with E-state index in [9.17, 15) is 4.39 Å². The van der Waals surface area contributed by atoms with Crippen LogP contribution >= 0.6 is 0 Å². The first-order valence-corrected chi connectivity index (χ1v) is 5.47. The molecule has 0 bridgehead atoms. The van der Waals surface area contributed by atoms with Crippen LogP contribution in [0.4, 0.5) is 10.1 Å². The average Bonchev–Trinajstić information content (AvgIpc) is 2.34. The highest BCUT2D eigenvalue weighted by molar-refractivity contribution is 5.49. The second-order valence-corrected chi connectivity index (χ2v) is 3.65. The van der Waals surface area contributed by atoms with Crippen LogP contribution in [0.5, 0.6) is 0 Å². The summed E-state index contributed by atoms with van der Waals surface area (Å²) in [6, 6.07) is 4.56. The lowest BCUT2D eigenvalue weighted by Gasteiger charge is -2.24. The number of benzene rings is 1. The molecule has 0 atom stereocenters. The van der Waals surface area contributed by atoms with Crippen LogP contribution in [-0.2, 0) is 11.3 Å². The minimum Gasteiger partial charge on any atom is -0.395 e. The van der Waals surface area contributed by atoms with Gasteiger partial charge >= 0.3 is 0 Å². The number of halogens is 1. The van der Waals surface area contributed by atoms with Crippen LogP contribution in [0, 0.1) is 5.82 Å². The van der Waals surface area contributed by atoms with Crippen molar-refractivity contribution in [1.82, 2.24) is 0 Å². The summed E-state index contributed by atoms with van der Waals surface area (Å²) in [6.07, 6.45) is 0. The van der Waals surface area contributed by atoms with Gasteiger partial charge in [0.05, 0.1) is 25.5 Å². The van der Waals surface area contributed by atoms with E-state index in [1.54, 1.807) is 24.1 Å². The van der Waals surface area contributed by atoms with E-state index in [-0.39, 0.29) is 13.2 Å². The Morgan fingerprint density at radius 3 is 2.59 bits per heavy atom. The molecule has 0 aliphatic heterocycles. The smallest absolute Gasteiger partial charge is 0.146 e. The molecule has 0 heterocycles. The molecule has 2 N–H and O–H groups in total. The molecule has 1 aromatic rings. The van der Waals surface area contributed by atoms with Crippen LogP contribution in [0.1, 0.15) is 5.56 Å². The van der Waals surface area contributed by atoms with Crippen molar-refractivity contribution in [2.24, 2.45) is 0 Å². The third-order valence-electron chi connectivity index (χ3n) is 2.47. The Morgan fingerprint density at radius 1 is 1.29 bits per heavy atom. The average molecular weight is 243 g/mol. The van der Waals surface area contributed by atoms with E-state index in [1.807, 2.05) is 0 Å². The molecule has 0 fully saturated rings. The van der Waals surface area contributed by atoms with Crippen LogP contribution in [0.2, 0.25) is 0 Å². The van der Waals surface area contributed by atoms with Gasteiger partial charge in [-0.3, -0.25) is 0 Å². The molecule has 5 heteroatoms. The first-order valence-electron chi connectivity index (χ1n) is 5.47. The minimum absolute atomic E-state index is 0.0507. The lowest BCUT2D eigenvalue weighted by molar-refractivity contribution is 0.202. The van der Waals surface area contributed by atoms with Crippen LogP contribution in [0.25, 0.3) is 0 Å². The highest BCUT2D eigenvalue weighted by Gasteiger charge is 2.11. The maximum Gasteiger partial charge on any atom is 0.146 e. The van der Waals surface area contributed by atoms with E-state index in [0.717, 1.165) is 0 Å². The van der Waals surface area contributed by atoms with E-state index >= 15 is 0 Å². The van der Waals surface area contributed by atoms with Crippen LogP contribution < -0.4 is 4.90 Å². The summed E-state index contributed by atoms with van der Waals surface area (Å²) in [6.45, 7) is 1.08. The summed E-state index contributed by atoms with van der Waals surface area (Å²) in [5, 5.41) is 17.8. The first-order chi connectivity index (χ1) is 8.22. The summed E-state index contributed by atoms with van der Waals surface area (Å²) in [7, 11) is 1.57. The van der Waals surface area contributed by atoms with Gasteiger partial charge in [0.1, 0.15) is 5.82 Å². The molecule has 1 rings (SSSR count). The van der Waals surface area contributed by atoms with E-state index in [2.05, 4.69) is 0 Å². The Bertz CT molecular complexity index is 347. The van der Waals surface area contributed by atoms with Crippen molar-refractivity contribution >= 4 is 5.69 Å². The Morgan fingerprint density at radius 2 is 2.06 bits per heavy atom. The number of rotatable bonds is 7. The van der Waals surface area contributed by atoms with E-state index in [1.165, 1.54) is 6.07 Å². The molecule has 17 heavy (non-hydrogen) atoms. The van der Waals surface area contributed by atoms with E-state index in [4.69, 9.17) is 14.9 Å². The standard InChI is InChI=1S/C12H18FNO3/c1-17-7-5-14(4-6-15)12-3-2-10(9-16)8-11(12)13/h2-3,8,15-16H,4-7,9H2,1H3. The van der Waals surface area contributed by atoms with Gasteiger partial charge in [0.15, 0.2) is 0 Å². The van der Waals surface area contributed by atoms with Gasteiger partial charge in [-0.2, -0.15) is 0 Å². The summed E-state index contributed by atoms with van der Waals surface area (Å²) in [5.74, 6) is -0.402. The van der Waals surface area contributed by atoms with Crippen molar-refractivity contribution in [2.75, 3.05) is 38.3 Å². The zero-order valence-electron chi connectivity index (χ0n) is 9.90. The zero-order chi connectivity index (χ0) is 12.7. The Balaban J connectivity index is 2.85. The highest BCUT2D eigenvalue weighted by Crippen LogP contribution is 2.20. The Kier molecular flexibility index (Phi) is 5.90. The molecule has 4 nitrogen and oxygen atoms in total. The van der Waals surface area contributed by atoms with Gasteiger partial charge < -0.3 is 19.8 Å². The molecule has 1 aromatic carbocycles. The number of anilines is 1. The van der Waals surface area contributed by atoms with Gasteiger partial charge in [0.2, 0.25) is 0 Å². The topological polar surface area (TPSA) is 52.9 Å². The number of aliphatic hydroxyl groups excluding tert-OH is 2. The molecule has 96 valence electrons. The molecular weight excluding hydrogens is 225 g/mol. The summed E-state index contributed by atoms with van der Waals surface area (Å²) >= 11 is 0. The minimum atomic E-state index is -0.402. The van der Waals surface area contributed by atoms with Crippen molar-refractivity contribution in [3.05, 3.63) is 29.6 Å². The first kappa shape index (κ1) is 13.9. The van der Waals surface area contributed by atoms with Crippen LogP contribution in [0.3, 0.4) is 0 Å². The molecule has 0 aromatic heterocycles. The lowest BCUT2D eigenvalue weighted by atomic mass is 10.2. The predicted molar refractivity (Wildman–Crippen MR) is 63.5 cm³/mol. The molecule has 0 spiro atoms. The lowest BCUT2D eigenvalue weighted by Crippen LogP contribution is -2.30. The molecule has 0 aliphatic rings. The fourth-order valence-electron chi connectivity index (χ4n) is 1.58. The molecule has 0 unspecified atom stereocenters. The largest absolute Gasteiger partial charge is 0.395 e. The maximum absolute atomic E-state index is 13.8. The van der Waals surface area contributed by atoms with Crippen LogP contribution in [-0.4, -0.2) is 43.6 Å². The van der Waals surface area contributed by atoms with Gasteiger partial charge in [-0.05, 0) is 17.7 Å². The number of nitrogens with zero attached hydrogens (tertiary/aromatic N) is 1. The zero-order valence-corrected chi connectivity index (χ0v) is 9.90. The number of hydrogen-bond donors (Lipinski definition) is 2. The van der Waals surface area contributed by atoms with Crippen molar-refractivity contribution < 1.29 is 19.3 Å². The van der Waals surface area contributed by atoms with Gasteiger partial charge in [0, 0.05) is 20.2 Å². The molecule has 0 amide bonds. The van der Waals surface area contributed by atoms with Crippen molar-refractivity contribution in [3.63, 3.8) is 0 Å². The molecule has 0 saturated heterocycles. The number of aliphatic hydroxyl groups is 2. The van der Waals surface area contributed by atoms with Crippen molar-refractivity contribution in [1.29, 1.82) is 0 Å². The normalized spacial score (nSPS) is 10.6. The van der Waals surface area contributed by atoms with Crippen molar-refractivity contribution in [2.45, 2.75) is 6.61 Å². The quantitative estimate of drug-likeness (QED) is 0.742. The summed E-state index contributed by atoms with van der Waals surface area (Å²) < 4.78 is 18.7. The molecule has 0 saturated carbocycles. The van der Waals surface area contributed by atoms with Gasteiger partial charge in [-0.15, -0.1) is 0 Å². The fourth-order valence-corrected chi connectivity index (χ4v) is 1.58. The van der Waals surface area contributed by atoms with Gasteiger partial charge in [-0.25, -0.2) is 4.39 Å². The SMILES string of the molecule is COCCN(CCO)c1ccc(CO)cc1F. The number of hydrogen-bond acceptors (Lipinski definition) is 4. The predicted octanol–water partition coefficient (Wildman–Crippen LogP) is 0.763. The van der Waals surface area contributed by atoms with Crippen LogP contribution in [0.15, 0.2) is 18.2 Å². The summed E-state index contributed by atoms with van der Waals surface area (Å²) in [4.78, 5) is 1.71. The maximum atomic E-state index is 13.8. The third-order valence-corrected chi connectivity index (χ3v) is 2.47. The second-order valence-electron chi connectivity index (χ2n) is 3.65. The second kappa shape index (κ2) is 7.21. The van der Waals surface area contributed by atoms with Gasteiger partial charge in [0.25, 0.3) is 0 Å². The molecular formula is C12H18FNO3. The van der Waals surface area contributed by atoms with Crippen molar-refractivity contribution in [3.8, 4) is 0 Å². The van der Waals surface area contributed by atoms with E-state index < -0.39 is 5.82 Å². The van der Waals surface area contributed by atoms with Gasteiger partial charge in [-0.1, -0.05) is 6.07 Å². The highest BCUT2D eigenvalue weighted by atomic mass is 19.1. The fraction of sp³-hybridized carbons (Fsp3) is 0.500. The monoisotopic (exact) mass is 243 g/mol. The number of ether oxygens (including phenoxy) is 1. The number of methoxy groups -OCH3 is 1. The third kappa shape index (κ3) is 3.96. The Hall–Kier alpha value is -1.17.